The molecule has 1 aliphatic carbocycles. The Kier molecular flexibility index (Phi) is 3.27. The third-order valence-corrected chi connectivity index (χ3v) is 8.22. The van der Waals surface area contributed by atoms with Crippen LogP contribution in [0.1, 0.15) is 49.7 Å². The minimum absolute atomic E-state index is 0.0157. The predicted octanol–water partition coefficient (Wildman–Crippen LogP) is 3.19. The molecule has 3 saturated heterocycles. The molecule has 3 fully saturated rings. The number of aryl methyl sites for hydroxylation is 2. The van der Waals surface area contributed by atoms with E-state index in [-0.39, 0.29) is 11.1 Å². The molecule has 0 saturated carbocycles. The molecule has 140 valence electrons. The van der Waals surface area contributed by atoms with Crippen molar-refractivity contribution < 1.29 is 0 Å². The molecular weight excluding hydrogens is 358 g/mol. The molecule has 3 aromatic heterocycles. The van der Waals surface area contributed by atoms with Gasteiger partial charge in [0.2, 0.25) is 0 Å². The Balaban J connectivity index is 1.57. The molecule has 0 spiro atoms. The van der Waals surface area contributed by atoms with E-state index >= 15 is 0 Å². The van der Waals surface area contributed by atoms with E-state index < -0.39 is 0 Å². The van der Waals surface area contributed by atoms with Crippen LogP contribution in [0.5, 0.6) is 0 Å². The van der Waals surface area contributed by atoms with Gasteiger partial charge in [-0.2, -0.15) is 5.10 Å². The molecule has 1 atom stereocenters. The number of fused-ring (bicyclic) bond motifs is 8. The lowest BCUT2D eigenvalue weighted by molar-refractivity contribution is -0.0268. The largest absolute Gasteiger partial charge is 0.308 e. The molecule has 0 radical (unpaired) electrons. The highest BCUT2D eigenvalue weighted by Crippen LogP contribution is 2.45. The van der Waals surface area contributed by atoms with Gasteiger partial charge in [-0.3, -0.25) is 14.8 Å². The van der Waals surface area contributed by atoms with Crippen molar-refractivity contribution in [2.45, 2.75) is 51.0 Å². The third-order valence-electron chi connectivity index (χ3n) is 6.97. The summed E-state index contributed by atoms with van der Waals surface area (Å²) in [7, 11) is 0. The van der Waals surface area contributed by atoms with Gasteiger partial charge < -0.3 is 4.98 Å². The summed E-state index contributed by atoms with van der Waals surface area (Å²) >= 11 is 1.58. The van der Waals surface area contributed by atoms with Crippen molar-refractivity contribution in [1.29, 1.82) is 0 Å². The van der Waals surface area contributed by atoms with Gasteiger partial charge in [-0.1, -0.05) is 0 Å². The van der Waals surface area contributed by atoms with Crippen molar-refractivity contribution in [2.75, 3.05) is 13.1 Å². The van der Waals surface area contributed by atoms with Crippen LogP contribution in [0.3, 0.4) is 0 Å². The second-order valence-corrected chi connectivity index (χ2v) is 9.55. The first-order valence-electron chi connectivity index (χ1n) is 9.97. The molecule has 3 aliphatic heterocycles. The predicted molar refractivity (Wildman–Crippen MR) is 106 cm³/mol. The summed E-state index contributed by atoms with van der Waals surface area (Å²) < 4.78 is 0.761. The SMILES string of the molecule is C[C@@]1(c2nc3c4c(sc3c(=O)[nH]2)-c2cn[nH]c2CCC4)CC2CCN1CC2. The lowest BCUT2D eigenvalue weighted by Gasteiger charge is -2.51. The fourth-order valence-electron chi connectivity index (χ4n) is 5.45. The number of aromatic nitrogens is 4. The zero-order chi connectivity index (χ0) is 18.2. The highest BCUT2D eigenvalue weighted by Gasteiger charge is 2.45. The van der Waals surface area contributed by atoms with Crippen LogP contribution >= 0.6 is 11.3 Å². The van der Waals surface area contributed by atoms with Crippen LogP contribution in [-0.2, 0) is 18.4 Å². The average molecular weight is 382 g/mol. The molecule has 3 aromatic rings. The average Bonchev–Trinajstić information content (AvgIpc) is 3.24. The summed E-state index contributed by atoms with van der Waals surface area (Å²) in [6.45, 7) is 4.49. The van der Waals surface area contributed by atoms with Gasteiger partial charge in [0.25, 0.3) is 5.56 Å². The number of H-pyrrole nitrogens is 2. The van der Waals surface area contributed by atoms with Crippen molar-refractivity contribution in [3.8, 4) is 10.4 Å². The summed E-state index contributed by atoms with van der Waals surface area (Å²) in [5.41, 5.74) is 4.36. The first-order chi connectivity index (χ1) is 13.1. The van der Waals surface area contributed by atoms with Gasteiger partial charge in [0.05, 0.1) is 17.3 Å². The Morgan fingerprint density at radius 2 is 2.15 bits per heavy atom. The van der Waals surface area contributed by atoms with Crippen molar-refractivity contribution in [2.24, 2.45) is 5.92 Å². The monoisotopic (exact) mass is 381 g/mol. The van der Waals surface area contributed by atoms with Crippen LogP contribution in [0.25, 0.3) is 20.7 Å². The maximum absolute atomic E-state index is 13.0. The lowest BCUT2D eigenvalue weighted by Crippen LogP contribution is -2.55. The molecule has 7 heteroatoms. The molecular formula is C20H23N5OS. The summed E-state index contributed by atoms with van der Waals surface area (Å²) in [5.74, 6) is 1.62. The molecule has 4 aliphatic rings. The minimum Gasteiger partial charge on any atom is -0.308 e. The summed E-state index contributed by atoms with van der Waals surface area (Å²) in [4.78, 5) is 25.0. The quantitative estimate of drug-likeness (QED) is 0.679. The minimum atomic E-state index is -0.144. The first-order valence-corrected chi connectivity index (χ1v) is 10.8. The van der Waals surface area contributed by atoms with Gasteiger partial charge in [0.15, 0.2) is 0 Å². The van der Waals surface area contributed by atoms with Crippen molar-refractivity contribution in [3.63, 3.8) is 0 Å². The number of rotatable bonds is 1. The zero-order valence-corrected chi connectivity index (χ0v) is 16.3. The Hall–Kier alpha value is -1.99. The van der Waals surface area contributed by atoms with Crippen LogP contribution in [-0.4, -0.2) is 38.2 Å². The zero-order valence-electron chi connectivity index (χ0n) is 15.5. The third kappa shape index (κ3) is 2.18. The molecule has 6 heterocycles. The highest BCUT2D eigenvalue weighted by molar-refractivity contribution is 7.22. The Labute approximate surface area is 161 Å². The van der Waals surface area contributed by atoms with E-state index in [1.807, 2.05) is 6.20 Å². The second kappa shape index (κ2) is 5.52. The fourth-order valence-corrected chi connectivity index (χ4v) is 6.67. The van der Waals surface area contributed by atoms with E-state index in [1.165, 1.54) is 29.0 Å². The van der Waals surface area contributed by atoms with E-state index in [2.05, 4.69) is 27.0 Å². The van der Waals surface area contributed by atoms with E-state index in [9.17, 15) is 4.79 Å². The molecule has 0 unspecified atom stereocenters. The number of piperidine rings is 3. The van der Waals surface area contributed by atoms with Crippen LogP contribution in [0, 0.1) is 5.92 Å². The fraction of sp³-hybridized carbons (Fsp3) is 0.550. The molecule has 6 nitrogen and oxygen atoms in total. The van der Waals surface area contributed by atoms with E-state index in [0.717, 1.165) is 66.3 Å². The van der Waals surface area contributed by atoms with Crippen LogP contribution < -0.4 is 5.56 Å². The van der Waals surface area contributed by atoms with Gasteiger partial charge in [0, 0.05) is 16.1 Å². The number of hydrogen-bond acceptors (Lipinski definition) is 5. The molecule has 0 aromatic carbocycles. The van der Waals surface area contributed by atoms with Crippen LogP contribution in [0.15, 0.2) is 11.0 Å². The number of hydrogen-bond donors (Lipinski definition) is 2. The highest BCUT2D eigenvalue weighted by atomic mass is 32.1. The lowest BCUT2D eigenvalue weighted by atomic mass is 9.75. The van der Waals surface area contributed by atoms with Crippen molar-refractivity contribution in [3.05, 3.63) is 33.6 Å². The molecule has 0 amide bonds. The molecule has 27 heavy (non-hydrogen) atoms. The van der Waals surface area contributed by atoms with Crippen molar-refractivity contribution in [1.82, 2.24) is 25.1 Å². The van der Waals surface area contributed by atoms with E-state index in [0.29, 0.717) is 0 Å². The van der Waals surface area contributed by atoms with Crippen LogP contribution in [0.2, 0.25) is 0 Å². The summed E-state index contributed by atoms with van der Waals surface area (Å²) in [6.07, 6.45) is 8.58. The molecule has 2 bridgehead atoms. The Morgan fingerprint density at radius 3 is 2.93 bits per heavy atom. The smallest absolute Gasteiger partial charge is 0.268 e. The van der Waals surface area contributed by atoms with Gasteiger partial charge in [-0.25, -0.2) is 4.98 Å². The molecule has 2 N–H and O–H groups in total. The maximum atomic E-state index is 13.0. The molecule has 7 rings (SSSR count). The normalized spacial score (nSPS) is 29.5. The van der Waals surface area contributed by atoms with Gasteiger partial charge in [-0.05, 0) is 70.0 Å². The summed E-state index contributed by atoms with van der Waals surface area (Å²) in [6, 6.07) is 0. The maximum Gasteiger partial charge on any atom is 0.268 e. The Morgan fingerprint density at radius 1 is 1.30 bits per heavy atom. The number of aromatic amines is 2. The van der Waals surface area contributed by atoms with Gasteiger partial charge in [-0.15, -0.1) is 11.3 Å². The van der Waals surface area contributed by atoms with E-state index in [1.54, 1.807) is 11.3 Å². The van der Waals surface area contributed by atoms with Gasteiger partial charge in [0.1, 0.15) is 10.5 Å². The Bertz CT molecular complexity index is 1100. The first kappa shape index (κ1) is 16.0. The summed E-state index contributed by atoms with van der Waals surface area (Å²) in [5, 5.41) is 7.36. The van der Waals surface area contributed by atoms with E-state index in [4.69, 9.17) is 4.98 Å². The second-order valence-electron chi connectivity index (χ2n) is 8.53. The van der Waals surface area contributed by atoms with Crippen molar-refractivity contribution >= 4 is 21.6 Å². The number of thiophene rings is 1. The number of nitrogens with zero attached hydrogens (tertiary/aromatic N) is 3. The topological polar surface area (TPSA) is 77.7 Å². The van der Waals surface area contributed by atoms with Gasteiger partial charge >= 0.3 is 0 Å². The van der Waals surface area contributed by atoms with Crippen LogP contribution in [0.4, 0.5) is 0 Å². The number of nitrogens with one attached hydrogen (secondary N) is 2. The standard InChI is InChI=1S/C20H23N5OS/c1-20(9-11-5-7-25(20)8-6-11)19-22-15-12-3-2-4-14-13(10-21-24-14)16(12)27-17(15)18(26)23-19/h10-11H,2-9H2,1H3,(H,21,24)(H,22,23,26)/t20-/m0/s1.